The number of sulfonamides is 1. The van der Waals surface area contributed by atoms with Gasteiger partial charge in [-0.15, -0.1) is 12.4 Å². The van der Waals surface area contributed by atoms with E-state index < -0.39 is 16.1 Å². The highest BCUT2D eigenvalue weighted by molar-refractivity contribution is 7.92. The molecule has 6 rings (SSSR count). The minimum absolute atomic E-state index is 0. The van der Waals surface area contributed by atoms with Gasteiger partial charge in [0.15, 0.2) is 0 Å². The summed E-state index contributed by atoms with van der Waals surface area (Å²) in [5, 5.41) is 24.9. The molecule has 0 spiro atoms. The van der Waals surface area contributed by atoms with Gasteiger partial charge in [-0.05, 0) is 49.6 Å². The van der Waals surface area contributed by atoms with Gasteiger partial charge in [0.1, 0.15) is 5.75 Å². The second-order valence-corrected chi connectivity index (χ2v) is 14.3. The van der Waals surface area contributed by atoms with Crippen molar-refractivity contribution in [2.45, 2.75) is 55.4 Å². The van der Waals surface area contributed by atoms with Crippen molar-refractivity contribution >= 4 is 51.7 Å². The van der Waals surface area contributed by atoms with Crippen LogP contribution in [0.15, 0.2) is 77.7 Å². The Kier molecular flexibility index (Phi) is 11.1. The minimum atomic E-state index is -4.01. The molecular formula is C33H43ClN10O4S. The SMILES string of the molecule is Cc1ccc(S(=O)(=O)N(Cc2ccccc2)c2ccc(Nc3nc(N4C[C@H](N)C[C@H](N)C4)nc(N4CC[C@@H](O)[C@H]4CN)n3)c(O)c2)cc1.Cl. The highest BCUT2D eigenvalue weighted by Crippen LogP contribution is 2.35. The molecule has 0 amide bonds. The van der Waals surface area contributed by atoms with Crippen LogP contribution in [0.2, 0.25) is 0 Å². The summed E-state index contributed by atoms with van der Waals surface area (Å²) in [6.45, 7) is 3.63. The number of piperidine rings is 1. The molecule has 14 nitrogen and oxygen atoms in total. The minimum Gasteiger partial charge on any atom is -0.506 e. The zero-order chi connectivity index (χ0) is 34.0. The third kappa shape index (κ3) is 7.98. The van der Waals surface area contributed by atoms with Gasteiger partial charge in [-0.25, -0.2) is 8.42 Å². The fourth-order valence-electron chi connectivity index (χ4n) is 6.19. The van der Waals surface area contributed by atoms with Crippen molar-refractivity contribution in [2.24, 2.45) is 17.2 Å². The first-order valence-electron chi connectivity index (χ1n) is 15.9. The van der Waals surface area contributed by atoms with Gasteiger partial charge in [-0.3, -0.25) is 4.31 Å². The van der Waals surface area contributed by atoms with Crippen LogP contribution in [0, 0.1) is 6.92 Å². The van der Waals surface area contributed by atoms with Crippen molar-refractivity contribution in [3.05, 3.63) is 83.9 Å². The lowest BCUT2D eigenvalue weighted by molar-refractivity contribution is 0.166. The van der Waals surface area contributed by atoms with E-state index >= 15 is 0 Å². The lowest BCUT2D eigenvalue weighted by atomic mass is 10.0. The summed E-state index contributed by atoms with van der Waals surface area (Å²) >= 11 is 0. The molecule has 2 aliphatic heterocycles. The summed E-state index contributed by atoms with van der Waals surface area (Å²) in [5.74, 6) is 0.583. The van der Waals surface area contributed by atoms with Crippen LogP contribution >= 0.6 is 12.4 Å². The largest absolute Gasteiger partial charge is 0.506 e. The zero-order valence-corrected chi connectivity index (χ0v) is 28.8. The van der Waals surface area contributed by atoms with Crippen LogP contribution in [0.4, 0.5) is 29.2 Å². The maximum Gasteiger partial charge on any atom is 0.264 e. The van der Waals surface area contributed by atoms with Crippen molar-refractivity contribution < 1.29 is 18.6 Å². The Morgan fingerprint density at radius 1 is 0.959 bits per heavy atom. The van der Waals surface area contributed by atoms with Crippen LogP contribution in [0.3, 0.4) is 0 Å². The van der Waals surface area contributed by atoms with Gasteiger partial charge in [-0.1, -0.05) is 48.0 Å². The Hall–Kier alpha value is -4.25. The zero-order valence-electron chi connectivity index (χ0n) is 27.1. The van der Waals surface area contributed by atoms with E-state index in [4.69, 9.17) is 22.2 Å². The average molecular weight is 711 g/mol. The molecule has 4 aromatic rings. The van der Waals surface area contributed by atoms with Crippen molar-refractivity contribution in [1.29, 1.82) is 0 Å². The number of hydrogen-bond donors (Lipinski definition) is 6. The number of anilines is 5. The lowest BCUT2D eigenvalue weighted by Crippen LogP contribution is -2.53. The van der Waals surface area contributed by atoms with Crippen molar-refractivity contribution in [2.75, 3.05) is 45.6 Å². The molecule has 2 saturated heterocycles. The summed E-state index contributed by atoms with van der Waals surface area (Å²) in [4.78, 5) is 17.9. The van der Waals surface area contributed by atoms with Crippen LogP contribution in [0.25, 0.3) is 0 Å². The van der Waals surface area contributed by atoms with Crippen LogP contribution in [0.1, 0.15) is 24.0 Å². The Labute approximate surface area is 292 Å². The molecule has 0 unspecified atom stereocenters. The standard InChI is InChI=1S/C33H42N10O4S.ClH/c1-21-7-10-26(11-8-21)48(46,47)43(18-22-5-3-2-4-6-22)25-9-12-27(30(45)16-25)37-31-38-32(41-19-23(35)15-24(36)20-41)40-33(39-31)42-14-13-29(44)28(42)17-34;/h2-12,16,23-24,28-29,44-45H,13-15,17-20,34-36H2,1H3,(H,37,38,39,40);1H/t23-,24+,28-,29-;/m1./s1. The Balaban J connectivity index is 0.00000468. The molecule has 16 heteroatoms. The van der Waals surface area contributed by atoms with Crippen molar-refractivity contribution in [1.82, 2.24) is 15.0 Å². The summed E-state index contributed by atoms with van der Waals surface area (Å²) in [6.07, 6.45) is 0.558. The molecule has 0 bridgehead atoms. The number of aromatic hydroxyl groups is 1. The molecule has 3 aromatic carbocycles. The number of aryl methyl sites for hydroxylation is 1. The molecule has 2 fully saturated rings. The summed E-state index contributed by atoms with van der Waals surface area (Å²) in [7, 11) is -4.01. The number of aliphatic hydroxyl groups is 1. The number of phenolic OH excluding ortho intramolecular Hbond substituents is 1. The molecule has 1 aromatic heterocycles. The number of nitrogens with one attached hydrogen (secondary N) is 1. The predicted octanol–water partition coefficient (Wildman–Crippen LogP) is 2.21. The van der Waals surface area contributed by atoms with Gasteiger partial charge >= 0.3 is 0 Å². The second kappa shape index (κ2) is 15.1. The van der Waals surface area contributed by atoms with Crippen molar-refractivity contribution in [3.63, 3.8) is 0 Å². The summed E-state index contributed by atoms with van der Waals surface area (Å²) in [6, 6.07) is 19.8. The van der Waals surface area contributed by atoms with E-state index in [1.165, 1.54) is 10.4 Å². The second-order valence-electron chi connectivity index (χ2n) is 12.4. The molecule has 262 valence electrons. The number of benzene rings is 3. The van der Waals surface area contributed by atoms with E-state index in [9.17, 15) is 18.6 Å². The molecule has 0 radical (unpaired) electrons. The van der Waals surface area contributed by atoms with Gasteiger partial charge < -0.3 is 42.5 Å². The Morgan fingerprint density at radius 3 is 2.29 bits per heavy atom. The highest BCUT2D eigenvalue weighted by Gasteiger charge is 2.35. The van der Waals surface area contributed by atoms with E-state index in [-0.39, 0.29) is 71.6 Å². The van der Waals surface area contributed by atoms with Gasteiger partial charge in [0.2, 0.25) is 17.8 Å². The fraction of sp³-hybridized carbons (Fsp3) is 0.364. The molecule has 0 saturated carbocycles. The first-order chi connectivity index (χ1) is 23.0. The summed E-state index contributed by atoms with van der Waals surface area (Å²) < 4.78 is 29.2. The van der Waals surface area contributed by atoms with E-state index in [0.717, 1.165) is 11.1 Å². The van der Waals surface area contributed by atoms with Gasteiger partial charge in [-0.2, -0.15) is 15.0 Å². The van der Waals surface area contributed by atoms with Crippen molar-refractivity contribution in [3.8, 4) is 5.75 Å². The van der Waals surface area contributed by atoms with E-state index in [2.05, 4.69) is 15.3 Å². The smallest absolute Gasteiger partial charge is 0.264 e. The monoisotopic (exact) mass is 710 g/mol. The molecular weight excluding hydrogens is 668 g/mol. The molecule has 3 heterocycles. The molecule has 2 aliphatic rings. The van der Waals surface area contributed by atoms with Crippen LogP contribution in [-0.2, 0) is 16.6 Å². The third-order valence-electron chi connectivity index (χ3n) is 8.71. The van der Waals surface area contributed by atoms with E-state index in [0.29, 0.717) is 44.4 Å². The number of nitrogens with zero attached hydrogens (tertiary/aromatic N) is 6. The lowest BCUT2D eigenvalue weighted by Gasteiger charge is -2.35. The number of phenols is 1. The first kappa shape index (κ1) is 36.0. The van der Waals surface area contributed by atoms with Gasteiger partial charge in [0, 0.05) is 44.3 Å². The number of nitrogens with two attached hydrogens (primary N) is 3. The van der Waals surface area contributed by atoms with Crippen LogP contribution in [-0.4, -0.2) is 84.0 Å². The number of rotatable bonds is 10. The van der Waals surface area contributed by atoms with Crippen LogP contribution in [0.5, 0.6) is 5.75 Å². The number of hydrogen-bond acceptors (Lipinski definition) is 13. The number of halogens is 1. The first-order valence-corrected chi connectivity index (χ1v) is 17.4. The molecule has 9 N–H and O–H groups in total. The third-order valence-corrected chi connectivity index (χ3v) is 10.5. The van der Waals surface area contributed by atoms with E-state index in [1.54, 1.807) is 36.4 Å². The fourth-order valence-corrected chi connectivity index (χ4v) is 7.64. The number of aliphatic hydroxyl groups excluding tert-OH is 1. The maximum absolute atomic E-state index is 14.0. The average Bonchev–Trinajstić information content (AvgIpc) is 3.45. The van der Waals surface area contributed by atoms with Crippen LogP contribution < -0.4 is 36.6 Å². The highest BCUT2D eigenvalue weighted by atomic mass is 35.5. The molecule has 49 heavy (non-hydrogen) atoms. The predicted molar refractivity (Wildman–Crippen MR) is 193 cm³/mol. The van der Waals surface area contributed by atoms with E-state index in [1.807, 2.05) is 47.1 Å². The normalized spacial score (nSPS) is 20.9. The maximum atomic E-state index is 14.0. The molecule has 0 aliphatic carbocycles. The quantitative estimate of drug-likeness (QED) is 0.130. The number of aromatic nitrogens is 3. The summed E-state index contributed by atoms with van der Waals surface area (Å²) in [5.41, 5.74) is 20.8. The van der Waals surface area contributed by atoms with Gasteiger partial charge in [0.05, 0.1) is 35.0 Å². The topological polar surface area (TPSA) is 213 Å². The Morgan fingerprint density at radius 2 is 1.63 bits per heavy atom. The van der Waals surface area contributed by atoms with Gasteiger partial charge in [0.25, 0.3) is 10.0 Å². The Bertz CT molecular complexity index is 1830. The molecule has 4 atom stereocenters.